The van der Waals surface area contributed by atoms with Crippen LogP contribution < -0.4 is 16.0 Å². The van der Waals surface area contributed by atoms with Crippen molar-refractivity contribution in [1.29, 1.82) is 0 Å². The van der Waals surface area contributed by atoms with Crippen molar-refractivity contribution in [2.75, 3.05) is 11.9 Å². The van der Waals surface area contributed by atoms with Crippen LogP contribution in [0.3, 0.4) is 0 Å². The molecule has 5 heterocycles. The predicted molar refractivity (Wildman–Crippen MR) is 137 cm³/mol. The fourth-order valence-electron chi connectivity index (χ4n) is 5.75. The van der Waals surface area contributed by atoms with Crippen LogP contribution in [-0.4, -0.2) is 44.3 Å². The van der Waals surface area contributed by atoms with Crippen LogP contribution in [0.4, 0.5) is 11.6 Å². The number of aromatic nitrogens is 4. The van der Waals surface area contributed by atoms with Crippen molar-refractivity contribution >= 4 is 35.1 Å². The molecule has 3 aliphatic rings. The van der Waals surface area contributed by atoms with E-state index in [9.17, 15) is 9.59 Å². The Kier molecular flexibility index (Phi) is 5.48. The Balaban J connectivity index is 1.50. The van der Waals surface area contributed by atoms with E-state index in [4.69, 9.17) is 16.6 Å². The Morgan fingerprint density at radius 1 is 1.08 bits per heavy atom. The quantitative estimate of drug-likeness (QED) is 0.399. The highest BCUT2D eigenvalue weighted by atomic mass is 35.5. The largest absolute Gasteiger partial charge is 0.357 e. The van der Waals surface area contributed by atoms with Gasteiger partial charge in [0.25, 0.3) is 11.8 Å². The van der Waals surface area contributed by atoms with Crippen LogP contribution in [0.1, 0.15) is 81.9 Å². The molecule has 0 saturated heterocycles. The molecule has 4 N–H and O–H groups in total. The molecule has 0 spiro atoms. The molecule has 3 aromatic heterocycles. The summed E-state index contributed by atoms with van der Waals surface area (Å²) in [5, 5.41) is 9.40. The SMILES string of the molecule is CCCc1c(Nc2nc(Cl)nc3c2C(=O)NC(C)C3)ncc2c1-c1[nH]c3c(c1CC2)C(=O)NCC3C. The summed E-state index contributed by atoms with van der Waals surface area (Å²) in [4.78, 5) is 42.7. The van der Waals surface area contributed by atoms with Gasteiger partial charge in [0.05, 0.1) is 17.0 Å². The molecular formula is C26H28ClN7O2. The van der Waals surface area contributed by atoms with Gasteiger partial charge in [0.15, 0.2) is 0 Å². The molecule has 0 bridgehead atoms. The van der Waals surface area contributed by atoms with E-state index in [1.807, 2.05) is 13.1 Å². The van der Waals surface area contributed by atoms with E-state index in [0.29, 0.717) is 35.9 Å². The Morgan fingerprint density at radius 3 is 2.72 bits per heavy atom. The first kappa shape index (κ1) is 23.0. The highest BCUT2D eigenvalue weighted by Crippen LogP contribution is 2.43. The Hall–Kier alpha value is -3.46. The van der Waals surface area contributed by atoms with Crippen molar-refractivity contribution in [3.05, 3.63) is 50.7 Å². The first-order chi connectivity index (χ1) is 17.4. The molecule has 2 amide bonds. The molecule has 10 heteroatoms. The summed E-state index contributed by atoms with van der Waals surface area (Å²) in [6.45, 7) is 6.81. The lowest BCUT2D eigenvalue weighted by molar-refractivity contribution is 0.0924. The summed E-state index contributed by atoms with van der Waals surface area (Å²) in [6.07, 6.45) is 5.75. The lowest BCUT2D eigenvalue weighted by Crippen LogP contribution is -2.40. The average molecular weight is 506 g/mol. The number of amides is 2. The summed E-state index contributed by atoms with van der Waals surface area (Å²) in [5.74, 6) is 0.982. The first-order valence-electron chi connectivity index (χ1n) is 12.5. The maximum Gasteiger partial charge on any atom is 0.257 e. The van der Waals surface area contributed by atoms with E-state index in [1.54, 1.807) is 0 Å². The van der Waals surface area contributed by atoms with Crippen LogP contribution in [0.25, 0.3) is 11.3 Å². The summed E-state index contributed by atoms with van der Waals surface area (Å²) >= 11 is 6.25. The van der Waals surface area contributed by atoms with Gasteiger partial charge in [-0.05, 0) is 48.9 Å². The highest BCUT2D eigenvalue weighted by molar-refractivity contribution is 6.28. The van der Waals surface area contributed by atoms with Gasteiger partial charge in [-0.2, -0.15) is 4.98 Å². The molecule has 186 valence electrons. The van der Waals surface area contributed by atoms with E-state index in [-0.39, 0.29) is 29.1 Å². The number of carbonyl (C=O) groups is 2. The molecule has 0 fully saturated rings. The Morgan fingerprint density at radius 2 is 1.92 bits per heavy atom. The fourth-order valence-corrected chi connectivity index (χ4v) is 5.94. The summed E-state index contributed by atoms with van der Waals surface area (Å²) < 4.78 is 0. The van der Waals surface area contributed by atoms with Gasteiger partial charge in [0.1, 0.15) is 17.2 Å². The maximum atomic E-state index is 12.9. The molecule has 0 radical (unpaired) electrons. The Labute approximate surface area is 213 Å². The smallest absolute Gasteiger partial charge is 0.257 e. The predicted octanol–water partition coefficient (Wildman–Crippen LogP) is 3.84. The number of aryl methyl sites for hydroxylation is 1. The van der Waals surface area contributed by atoms with Crippen LogP contribution in [0.5, 0.6) is 0 Å². The zero-order valence-electron chi connectivity index (χ0n) is 20.5. The van der Waals surface area contributed by atoms with Gasteiger partial charge in [-0.25, -0.2) is 9.97 Å². The van der Waals surface area contributed by atoms with Crippen LogP contribution in [0.15, 0.2) is 6.20 Å². The highest BCUT2D eigenvalue weighted by Gasteiger charge is 2.34. The number of hydrogen-bond donors (Lipinski definition) is 4. The third kappa shape index (κ3) is 3.56. The van der Waals surface area contributed by atoms with Gasteiger partial charge in [-0.1, -0.05) is 20.3 Å². The van der Waals surface area contributed by atoms with Gasteiger partial charge in [0.2, 0.25) is 5.28 Å². The summed E-state index contributed by atoms with van der Waals surface area (Å²) in [7, 11) is 0. The van der Waals surface area contributed by atoms with E-state index in [1.165, 1.54) is 0 Å². The molecule has 9 nitrogen and oxygen atoms in total. The van der Waals surface area contributed by atoms with Gasteiger partial charge in [0, 0.05) is 47.9 Å². The van der Waals surface area contributed by atoms with Crippen molar-refractivity contribution in [1.82, 2.24) is 30.6 Å². The van der Waals surface area contributed by atoms with Crippen molar-refractivity contribution in [3.63, 3.8) is 0 Å². The van der Waals surface area contributed by atoms with E-state index >= 15 is 0 Å². The molecule has 2 aliphatic heterocycles. The third-order valence-electron chi connectivity index (χ3n) is 7.37. The van der Waals surface area contributed by atoms with E-state index in [0.717, 1.165) is 64.9 Å². The fraction of sp³-hybridized carbons (Fsp3) is 0.423. The normalized spacial score (nSPS) is 20.0. The molecule has 6 rings (SSSR count). The van der Waals surface area contributed by atoms with Crippen LogP contribution in [0, 0.1) is 0 Å². The number of aromatic amines is 1. The number of nitrogens with zero attached hydrogens (tertiary/aromatic N) is 3. The zero-order valence-corrected chi connectivity index (χ0v) is 21.3. The number of fused-ring (bicyclic) bond motifs is 6. The number of halogens is 1. The topological polar surface area (TPSA) is 125 Å². The minimum absolute atomic E-state index is 0.00371. The van der Waals surface area contributed by atoms with Crippen molar-refractivity contribution in [2.45, 2.75) is 64.8 Å². The van der Waals surface area contributed by atoms with Crippen molar-refractivity contribution in [2.24, 2.45) is 0 Å². The zero-order chi connectivity index (χ0) is 25.1. The van der Waals surface area contributed by atoms with Gasteiger partial charge >= 0.3 is 0 Å². The van der Waals surface area contributed by atoms with E-state index in [2.05, 4.69) is 44.7 Å². The number of hydrogen-bond acceptors (Lipinski definition) is 6. The Bertz CT molecular complexity index is 1430. The second-order valence-corrected chi connectivity index (χ2v) is 10.3. The molecule has 3 aromatic rings. The van der Waals surface area contributed by atoms with Crippen molar-refractivity contribution in [3.8, 4) is 11.3 Å². The van der Waals surface area contributed by atoms with Gasteiger partial charge in [-0.3, -0.25) is 9.59 Å². The van der Waals surface area contributed by atoms with Gasteiger partial charge in [-0.15, -0.1) is 0 Å². The number of rotatable bonds is 4. The number of anilines is 2. The lowest BCUT2D eigenvalue weighted by atomic mass is 9.84. The monoisotopic (exact) mass is 505 g/mol. The standard InChI is InChI=1S/C26H28ClN7O2/c1-4-5-15-17-13(6-7-14-18-20(32-21(14)17)11(2)9-29-24(18)35)10-28-22(15)33-23-19-16(31-26(27)34-23)8-12(3)30-25(19)36/h10-12,32H,4-9H2,1-3H3,(H,29,35)(H,30,36)(H,28,31,33,34). The minimum Gasteiger partial charge on any atom is -0.357 e. The minimum atomic E-state index is -0.225. The molecule has 2 atom stereocenters. The lowest BCUT2D eigenvalue weighted by Gasteiger charge is -2.25. The maximum absolute atomic E-state index is 12.9. The second-order valence-electron chi connectivity index (χ2n) is 9.98. The van der Waals surface area contributed by atoms with Crippen LogP contribution >= 0.6 is 11.6 Å². The van der Waals surface area contributed by atoms with Crippen LogP contribution in [0.2, 0.25) is 5.28 Å². The van der Waals surface area contributed by atoms with Gasteiger partial charge < -0.3 is 20.9 Å². The van der Waals surface area contributed by atoms with E-state index < -0.39 is 0 Å². The molecule has 36 heavy (non-hydrogen) atoms. The average Bonchev–Trinajstić information content (AvgIpc) is 3.23. The number of carbonyl (C=O) groups excluding carboxylic acids is 2. The second kappa shape index (κ2) is 8.58. The number of H-pyrrole nitrogens is 1. The number of pyridine rings is 1. The first-order valence-corrected chi connectivity index (χ1v) is 12.9. The summed E-state index contributed by atoms with van der Waals surface area (Å²) in [5.41, 5.74) is 8.20. The van der Waals surface area contributed by atoms with Crippen LogP contribution in [-0.2, 0) is 25.7 Å². The third-order valence-corrected chi connectivity index (χ3v) is 7.54. The van der Waals surface area contributed by atoms with Crippen molar-refractivity contribution < 1.29 is 9.59 Å². The summed E-state index contributed by atoms with van der Waals surface area (Å²) in [6, 6.07) is -0.0294. The molecule has 2 unspecified atom stereocenters. The molecule has 0 aromatic carbocycles. The molecule has 1 aliphatic carbocycles. The molecular weight excluding hydrogens is 478 g/mol. The number of nitrogens with one attached hydrogen (secondary N) is 4. The molecule has 0 saturated carbocycles.